The minimum atomic E-state index is -0.407. The second-order valence-corrected chi connectivity index (χ2v) is 5.31. The zero-order chi connectivity index (χ0) is 13.6. The van der Waals surface area contributed by atoms with E-state index in [9.17, 15) is 4.39 Å². The summed E-state index contributed by atoms with van der Waals surface area (Å²) >= 11 is 9.29. The molecule has 3 nitrogen and oxygen atoms in total. The molecule has 0 bridgehead atoms. The van der Waals surface area contributed by atoms with Crippen LogP contribution in [0.15, 0.2) is 41.0 Å². The van der Waals surface area contributed by atoms with Gasteiger partial charge in [-0.2, -0.15) is 0 Å². The van der Waals surface area contributed by atoms with Crippen LogP contribution >= 0.6 is 27.5 Å². The average Bonchev–Trinajstić information content (AvgIpc) is 2.72. The predicted octanol–water partition coefficient (Wildman–Crippen LogP) is 4.14. The average molecular weight is 341 g/mol. The molecular formula is C13H8BrClFN3. The van der Waals surface area contributed by atoms with E-state index in [1.54, 1.807) is 10.6 Å². The first kappa shape index (κ1) is 12.4. The maximum absolute atomic E-state index is 13.9. The number of pyridine rings is 1. The molecule has 0 saturated carbocycles. The van der Waals surface area contributed by atoms with Gasteiger partial charge < -0.3 is 5.73 Å². The van der Waals surface area contributed by atoms with Crippen LogP contribution in [-0.2, 0) is 0 Å². The van der Waals surface area contributed by atoms with Crippen molar-refractivity contribution in [2.75, 3.05) is 5.73 Å². The van der Waals surface area contributed by atoms with Crippen LogP contribution in [-0.4, -0.2) is 9.38 Å². The molecule has 96 valence electrons. The number of fused-ring (bicyclic) bond motifs is 1. The van der Waals surface area contributed by atoms with Crippen molar-refractivity contribution in [1.29, 1.82) is 0 Å². The van der Waals surface area contributed by atoms with Gasteiger partial charge in [0.2, 0.25) is 0 Å². The number of nitrogens with two attached hydrogens (primary N) is 1. The van der Waals surface area contributed by atoms with Gasteiger partial charge in [0.1, 0.15) is 17.3 Å². The van der Waals surface area contributed by atoms with E-state index in [1.807, 2.05) is 12.1 Å². The Morgan fingerprint density at radius 1 is 1.32 bits per heavy atom. The van der Waals surface area contributed by atoms with Crippen molar-refractivity contribution in [3.63, 3.8) is 0 Å². The molecule has 3 aromatic rings. The zero-order valence-corrected chi connectivity index (χ0v) is 11.9. The number of nitrogen functional groups attached to an aromatic ring is 1. The van der Waals surface area contributed by atoms with Gasteiger partial charge in [0.15, 0.2) is 5.65 Å². The Morgan fingerprint density at radius 2 is 2.11 bits per heavy atom. The highest BCUT2D eigenvalue weighted by Gasteiger charge is 2.16. The van der Waals surface area contributed by atoms with Gasteiger partial charge in [-0.1, -0.05) is 11.6 Å². The number of aromatic nitrogens is 2. The summed E-state index contributed by atoms with van der Waals surface area (Å²) in [4.78, 5) is 4.38. The number of anilines is 1. The molecule has 1 aromatic carbocycles. The molecule has 0 radical (unpaired) electrons. The van der Waals surface area contributed by atoms with E-state index in [0.29, 0.717) is 27.7 Å². The van der Waals surface area contributed by atoms with Gasteiger partial charge >= 0.3 is 0 Å². The predicted molar refractivity (Wildman–Crippen MR) is 77.7 cm³/mol. The Labute approximate surface area is 122 Å². The first-order valence-corrected chi connectivity index (χ1v) is 6.62. The van der Waals surface area contributed by atoms with Crippen LogP contribution in [0.2, 0.25) is 5.02 Å². The van der Waals surface area contributed by atoms with Gasteiger partial charge in [-0.25, -0.2) is 9.37 Å². The Balaban J connectivity index is 2.34. The number of halogens is 3. The molecule has 2 N–H and O–H groups in total. The highest BCUT2D eigenvalue weighted by atomic mass is 79.9. The number of imidazole rings is 1. The molecule has 0 fully saturated rings. The summed E-state index contributed by atoms with van der Waals surface area (Å²) < 4.78 is 16.4. The standard InChI is InChI=1S/C13H8BrClFN3/c14-9-2-1-5-19-12(17)11(18-13(9)19)8-6-7(15)3-4-10(8)16/h1-6H,17H2. The fourth-order valence-corrected chi connectivity index (χ4v) is 2.53. The molecule has 0 unspecified atom stereocenters. The van der Waals surface area contributed by atoms with E-state index in [2.05, 4.69) is 20.9 Å². The van der Waals surface area contributed by atoms with E-state index < -0.39 is 5.82 Å². The molecule has 3 rings (SSSR count). The number of hydrogen-bond donors (Lipinski definition) is 1. The number of hydrogen-bond acceptors (Lipinski definition) is 2. The SMILES string of the molecule is Nc1c(-c2cc(Cl)ccc2F)nc2c(Br)cccn12. The van der Waals surface area contributed by atoms with Gasteiger partial charge in [0.25, 0.3) is 0 Å². The maximum Gasteiger partial charge on any atom is 0.153 e. The van der Waals surface area contributed by atoms with Crippen molar-refractivity contribution in [2.45, 2.75) is 0 Å². The molecule has 0 atom stereocenters. The summed E-state index contributed by atoms with van der Waals surface area (Å²) in [5.41, 5.74) is 7.34. The van der Waals surface area contributed by atoms with E-state index in [4.69, 9.17) is 17.3 Å². The van der Waals surface area contributed by atoms with Crippen molar-refractivity contribution >= 4 is 39.0 Å². The fourth-order valence-electron chi connectivity index (χ4n) is 1.93. The summed E-state index contributed by atoms with van der Waals surface area (Å²) in [7, 11) is 0. The monoisotopic (exact) mass is 339 g/mol. The molecule has 0 aliphatic carbocycles. The lowest BCUT2D eigenvalue weighted by Crippen LogP contribution is -1.95. The molecule has 0 aliphatic heterocycles. The molecule has 2 aromatic heterocycles. The zero-order valence-electron chi connectivity index (χ0n) is 9.57. The quantitative estimate of drug-likeness (QED) is 0.723. The van der Waals surface area contributed by atoms with Gasteiger partial charge in [0, 0.05) is 16.8 Å². The van der Waals surface area contributed by atoms with Crippen molar-refractivity contribution in [2.24, 2.45) is 0 Å². The van der Waals surface area contributed by atoms with Crippen LogP contribution < -0.4 is 5.73 Å². The van der Waals surface area contributed by atoms with Gasteiger partial charge in [-0.3, -0.25) is 4.40 Å². The molecule has 0 amide bonds. The van der Waals surface area contributed by atoms with E-state index in [-0.39, 0.29) is 0 Å². The smallest absolute Gasteiger partial charge is 0.153 e. The third-order valence-electron chi connectivity index (χ3n) is 2.82. The number of rotatable bonds is 1. The summed E-state index contributed by atoms with van der Waals surface area (Å²) in [5.74, 6) is -0.0342. The molecular weight excluding hydrogens is 333 g/mol. The van der Waals surface area contributed by atoms with Crippen molar-refractivity contribution < 1.29 is 4.39 Å². The second-order valence-electron chi connectivity index (χ2n) is 4.02. The van der Waals surface area contributed by atoms with Crippen LogP contribution in [0, 0.1) is 5.82 Å². The van der Waals surface area contributed by atoms with Crippen LogP contribution in [0.4, 0.5) is 10.2 Å². The van der Waals surface area contributed by atoms with E-state index >= 15 is 0 Å². The third kappa shape index (κ3) is 1.99. The lowest BCUT2D eigenvalue weighted by atomic mass is 10.1. The number of benzene rings is 1. The summed E-state index contributed by atoms with van der Waals surface area (Å²) in [6, 6.07) is 7.98. The first-order chi connectivity index (χ1) is 9.08. The summed E-state index contributed by atoms with van der Waals surface area (Å²) in [5, 5.41) is 0.437. The highest BCUT2D eigenvalue weighted by Crippen LogP contribution is 2.32. The second kappa shape index (κ2) is 4.51. The van der Waals surface area contributed by atoms with Gasteiger partial charge in [-0.05, 0) is 46.3 Å². The molecule has 0 spiro atoms. The van der Waals surface area contributed by atoms with Crippen molar-refractivity contribution in [3.05, 3.63) is 51.8 Å². The molecule has 0 aliphatic rings. The van der Waals surface area contributed by atoms with Crippen LogP contribution in [0.3, 0.4) is 0 Å². The lowest BCUT2D eigenvalue weighted by molar-refractivity contribution is 0.631. The third-order valence-corrected chi connectivity index (χ3v) is 3.68. The largest absolute Gasteiger partial charge is 0.383 e. The topological polar surface area (TPSA) is 43.3 Å². The van der Waals surface area contributed by atoms with Gasteiger partial charge in [0.05, 0.1) is 4.47 Å². The fraction of sp³-hybridized carbons (Fsp3) is 0. The van der Waals surface area contributed by atoms with Crippen LogP contribution in [0.1, 0.15) is 0 Å². The van der Waals surface area contributed by atoms with Crippen LogP contribution in [0.5, 0.6) is 0 Å². The van der Waals surface area contributed by atoms with Crippen molar-refractivity contribution in [1.82, 2.24) is 9.38 Å². The van der Waals surface area contributed by atoms with Crippen molar-refractivity contribution in [3.8, 4) is 11.3 Å². The Hall–Kier alpha value is -1.59. The van der Waals surface area contributed by atoms with Crippen LogP contribution in [0.25, 0.3) is 16.9 Å². The lowest BCUT2D eigenvalue weighted by Gasteiger charge is -2.02. The Morgan fingerprint density at radius 3 is 2.84 bits per heavy atom. The van der Waals surface area contributed by atoms with E-state index in [0.717, 1.165) is 4.47 Å². The Kier molecular flexibility index (Phi) is 2.95. The number of nitrogens with zero attached hydrogens (tertiary/aromatic N) is 2. The normalized spacial score (nSPS) is 11.1. The molecule has 6 heteroatoms. The highest BCUT2D eigenvalue weighted by molar-refractivity contribution is 9.10. The molecule has 0 saturated heterocycles. The molecule has 2 heterocycles. The summed E-state index contributed by atoms with van der Waals surface area (Å²) in [6.45, 7) is 0. The molecule has 19 heavy (non-hydrogen) atoms. The minimum Gasteiger partial charge on any atom is -0.383 e. The first-order valence-electron chi connectivity index (χ1n) is 5.45. The minimum absolute atomic E-state index is 0.292. The van der Waals surface area contributed by atoms with Gasteiger partial charge in [-0.15, -0.1) is 0 Å². The maximum atomic E-state index is 13.9. The summed E-state index contributed by atoms with van der Waals surface area (Å²) in [6.07, 6.45) is 1.77. The van der Waals surface area contributed by atoms with E-state index in [1.165, 1.54) is 18.2 Å². The Bertz CT molecular complexity index is 785.